The first kappa shape index (κ1) is 15.6. The molecule has 0 bridgehead atoms. The van der Waals surface area contributed by atoms with Crippen molar-refractivity contribution in [2.75, 3.05) is 21.1 Å². The molecule has 0 spiro atoms. The van der Waals surface area contributed by atoms with Crippen LogP contribution in [0.15, 0.2) is 30.3 Å². The normalized spacial score (nSPS) is 9.77. The van der Waals surface area contributed by atoms with Crippen LogP contribution in [0.25, 0.3) is 0 Å². The van der Waals surface area contributed by atoms with E-state index in [1.807, 2.05) is 0 Å². The third kappa shape index (κ3) is 7.25. The second-order valence-electron chi connectivity index (χ2n) is 3.93. The molecule has 0 fully saturated rings. The van der Waals surface area contributed by atoms with Crippen molar-refractivity contribution in [1.29, 1.82) is 0 Å². The van der Waals surface area contributed by atoms with E-state index in [2.05, 4.69) is 51.5 Å². The van der Waals surface area contributed by atoms with Crippen molar-refractivity contribution >= 4 is 0 Å². The van der Waals surface area contributed by atoms with Crippen molar-refractivity contribution in [2.45, 2.75) is 6.54 Å². The van der Waals surface area contributed by atoms with Gasteiger partial charge in [-0.1, -0.05) is 30.3 Å². The molecule has 1 rings (SSSR count). The van der Waals surface area contributed by atoms with E-state index >= 15 is 0 Å². The molecule has 0 aliphatic heterocycles. The summed E-state index contributed by atoms with van der Waals surface area (Å²) in [6.45, 7) is 1.10. The summed E-state index contributed by atoms with van der Waals surface area (Å²) in [7, 11) is 6.60. The number of quaternary nitrogens is 1. The van der Waals surface area contributed by atoms with Crippen molar-refractivity contribution in [1.82, 2.24) is 0 Å². The molecule has 0 aliphatic rings. The van der Waals surface area contributed by atoms with Gasteiger partial charge in [-0.25, -0.2) is 0 Å². The van der Waals surface area contributed by atoms with Crippen molar-refractivity contribution < 1.29 is 38.0 Å². The molecule has 0 radical (unpaired) electrons. The molecule has 1 aromatic rings. The third-order valence-electron chi connectivity index (χ3n) is 1.50. The molecule has 0 saturated carbocycles. The Hall–Kier alpha value is 0.158. The van der Waals surface area contributed by atoms with Gasteiger partial charge in [-0.15, -0.1) is 0 Å². The zero-order valence-corrected chi connectivity index (χ0v) is 11.3. The third-order valence-corrected chi connectivity index (χ3v) is 1.50. The van der Waals surface area contributed by atoms with Gasteiger partial charge in [-0.05, 0) is 0 Å². The molecule has 1 nitrogen and oxygen atoms in total. The monoisotopic (exact) mass is 380 g/mol. The number of hydrogen-bond donors (Lipinski definition) is 0. The van der Waals surface area contributed by atoms with E-state index in [0.717, 1.165) is 11.0 Å². The summed E-state index contributed by atoms with van der Waals surface area (Å²) in [5.74, 6) is 0. The van der Waals surface area contributed by atoms with Crippen LogP contribution < -0.4 is 12.4 Å². The van der Waals surface area contributed by atoms with Gasteiger partial charge < -0.3 is 16.9 Å². The molecule has 1 aromatic carbocycles. The van der Waals surface area contributed by atoms with E-state index in [4.69, 9.17) is 0 Å². The van der Waals surface area contributed by atoms with Crippen molar-refractivity contribution in [3.8, 4) is 0 Å². The van der Waals surface area contributed by atoms with Gasteiger partial charge in [0, 0.05) is 26.6 Å². The van der Waals surface area contributed by atoms with Gasteiger partial charge in [0.25, 0.3) is 0 Å². The Morgan fingerprint density at radius 2 is 1.46 bits per heavy atom. The smallest absolute Gasteiger partial charge is 0.104 e. The summed E-state index contributed by atoms with van der Waals surface area (Å²) in [4.78, 5) is 0. The van der Waals surface area contributed by atoms with Crippen molar-refractivity contribution in [2.24, 2.45) is 0 Å². The van der Waals surface area contributed by atoms with Gasteiger partial charge in [0.15, 0.2) is 0 Å². The van der Waals surface area contributed by atoms with Crippen LogP contribution in [-0.4, -0.2) is 25.6 Å². The summed E-state index contributed by atoms with van der Waals surface area (Å²) in [5.41, 5.74) is 1.40. The van der Waals surface area contributed by atoms with Gasteiger partial charge in [0.1, 0.15) is 6.54 Å². The van der Waals surface area contributed by atoms with Gasteiger partial charge in [-0.3, -0.25) is 0 Å². The van der Waals surface area contributed by atoms with E-state index in [1.165, 1.54) is 5.56 Å². The number of halogens is 1. The molecule has 0 aliphatic carbocycles. The van der Waals surface area contributed by atoms with Gasteiger partial charge in [0.05, 0.1) is 21.1 Å². The molecule has 3 heteroatoms. The Bertz CT molecular complexity index is 218. The van der Waals surface area contributed by atoms with Crippen LogP contribution in [0.3, 0.4) is 0 Å². The maximum absolute atomic E-state index is 2.20. The molecule has 0 unspecified atom stereocenters. The average Bonchev–Trinajstić information content (AvgIpc) is 1.85. The molecule has 0 heterocycles. The van der Waals surface area contributed by atoms with Crippen LogP contribution >= 0.6 is 0 Å². The molecule has 78 valence electrons. The minimum atomic E-state index is 0. The fourth-order valence-electron chi connectivity index (χ4n) is 1.13. The topological polar surface area (TPSA) is 0 Å². The number of rotatable bonds is 2. The molecule has 13 heavy (non-hydrogen) atoms. The Morgan fingerprint density at radius 1 is 1.00 bits per heavy atom. The standard InChI is InChI=1S/C10H16N.ClH.Pt/c1-11(2,3)9-10-7-5-4-6-8-10;;/h4-8H,9H2,1-3H3;1H;/q+1;;/p-1. The number of nitrogens with zero attached hydrogens (tertiary/aromatic N) is 1. The van der Waals surface area contributed by atoms with Crippen LogP contribution in [0, 0.1) is 0 Å². The Morgan fingerprint density at radius 3 is 1.85 bits per heavy atom. The first-order valence-electron chi connectivity index (χ1n) is 3.92. The van der Waals surface area contributed by atoms with Crippen LogP contribution in [0.4, 0.5) is 0 Å². The molecule has 0 amide bonds. The second kappa shape index (κ2) is 6.59. The Balaban J connectivity index is 0. The van der Waals surface area contributed by atoms with Crippen LogP contribution in [0.5, 0.6) is 0 Å². The van der Waals surface area contributed by atoms with E-state index < -0.39 is 0 Å². The van der Waals surface area contributed by atoms with Crippen molar-refractivity contribution in [3.05, 3.63) is 35.9 Å². The quantitative estimate of drug-likeness (QED) is 0.571. The summed E-state index contributed by atoms with van der Waals surface area (Å²) in [6.07, 6.45) is 0. The summed E-state index contributed by atoms with van der Waals surface area (Å²) >= 11 is 0. The first-order chi connectivity index (χ1) is 5.08. The molecular formula is C10H16ClNPt. The second-order valence-corrected chi connectivity index (χ2v) is 3.93. The fraction of sp³-hybridized carbons (Fsp3) is 0.400. The zero-order valence-electron chi connectivity index (χ0n) is 8.24. The molecule has 0 aromatic heterocycles. The number of benzene rings is 1. The van der Waals surface area contributed by atoms with Crippen LogP contribution in [0.2, 0.25) is 0 Å². The van der Waals surface area contributed by atoms with E-state index in [0.29, 0.717) is 0 Å². The maximum atomic E-state index is 2.20. The zero-order chi connectivity index (χ0) is 8.32. The Kier molecular flexibility index (Phi) is 7.92. The minimum Gasteiger partial charge on any atom is -1.00 e. The predicted octanol–water partition coefficient (Wildman–Crippen LogP) is -1.11. The maximum Gasteiger partial charge on any atom is 0.104 e. The van der Waals surface area contributed by atoms with E-state index in [1.54, 1.807) is 0 Å². The SMILES string of the molecule is C[N+](C)(C)Cc1ccccc1.[Cl-].[Pt]. The predicted molar refractivity (Wildman–Crippen MR) is 48.2 cm³/mol. The van der Waals surface area contributed by atoms with Gasteiger partial charge in [0.2, 0.25) is 0 Å². The minimum absolute atomic E-state index is 0. The van der Waals surface area contributed by atoms with Crippen LogP contribution in [0.1, 0.15) is 5.56 Å². The largest absolute Gasteiger partial charge is 1.00 e. The van der Waals surface area contributed by atoms with Gasteiger partial charge in [-0.2, -0.15) is 0 Å². The van der Waals surface area contributed by atoms with Crippen LogP contribution in [-0.2, 0) is 27.6 Å². The molecule has 0 saturated heterocycles. The Labute approximate surface area is 101 Å². The molecular weight excluding hydrogens is 365 g/mol. The van der Waals surface area contributed by atoms with Crippen molar-refractivity contribution in [3.63, 3.8) is 0 Å². The first-order valence-corrected chi connectivity index (χ1v) is 3.92. The number of hydrogen-bond acceptors (Lipinski definition) is 0. The van der Waals surface area contributed by atoms with Gasteiger partial charge >= 0.3 is 0 Å². The van der Waals surface area contributed by atoms with E-state index in [9.17, 15) is 0 Å². The van der Waals surface area contributed by atoms with E-state index in [-0.39, 0.29) is 33.5 Å². The molecule has 0 atom stereocenters. The average molecular weight is 381 g/mol. The fourth-order valence-corrected chi connectivity index (χ4v) is 1.13. The molecule has 0 N–H and O–H groups in total. The summed E-state index contributed by atoms with van der Waals surface area (Å²) in [6, 6.07) is 10.6. The summed E-state index contributed by atoms with van der Waals surface area (Å²) in [5, 5.41) is 0. The summed E-state index contributed by atoms with van der Waals surface area (Å²) < 4.78 is 0.990.